The predicted octanol–water partition coefficient (Wildman–Crippen LogP) is 1.80. The SMILES string of the molecule is NCC1CC(=O)N(CCc2cccc(Br)c2)C1. The predicted molar refractivity (Wildman–Crippen MR) is 71.6 cm³/mol. The molecule has 1 unspecified atom stereocenters. The van der Waals surface area contributed by atoms with Crippen LogP contribution < -0.4 is 5.73 Å². The number of likely N-dealkylation sites (tertiary alicyclic amines) is 1. The first-order chi connectivity index (χ1) is 8.19. The molecule has 1 atom stereocenters. The number of halogens is 1. The molecule has 1 aromatic carbocycles. The van der Waals surface area contributed by atoms with Crippen LogP contribution in [0.1, 0.15) is 12.0 Å². The highest BCUT2D eigenvalue weighted by atomic mass is 79.9. The van der Waals surface area contributed by atoms with Crippen molar-refractivity contribution in [3.63, 3.8) is 0 Å². The first-order valence-corrected chi connectivity index (χ1v) is 6.70. The van der Waals surface area contributed by atoms with E-state index in [-0.39, 0.29) is 5.91 Å². The van der Waals surface area contributed by atoms with Crippen LogP contribution in [0.2, 0.25) is 0 Å². The lowest BCUT2D eigenvalue weighted by Crippen LogP contribution is -2.28. The van der Waals surface area contributed by atoms with E-state index in [9.17, 15) is 4.79 Å². The van der Waals surface area contributed by atoms with Crippen LogP contribution >= 0.6 is 15.9 Å². The van der Waals surface area contributed by atoms with E-state index < -0.39 is 0 Å². The molecule has 1 heterocycles. The number of nitrogens with two attached hydrogens (primary N) is 1. The number of hydrogen-bond donors (Lipinski definition) is 1. The second-order valence-electron chi connectivity index (χ2n) is 4.53. The van der Waals surface area contributed by atoms with E-state index in [0.717, 1.165) is 24.0 Å². The standard InChI is InChI=1S/C13H17BrN2O/c14-12-3-1-2-10(6-12)4-5-16-9-11(8-15)7-13(16)17/h1-3,6,11H,4-5,7-9,15H2. The van der Waals surface area contributed by atoms with Crippen molar-refractivity contribution in [2.75, 3.05) is 19.6 Å². The fourth-order valence-electron chi connectivity index (χ4n) is 2.18. The zero-order chi connectivity index (χ0) is 12.3. The molecular weight excluding hydrogens is 280 g/mol. The van der Waals surface area contributed by atoms with Crippen LogP contribution in [-0.2, 0) is 11.2 Å². The largest absolute Gasteiger partial charge is 0.342 e. The van der Waals surface area contributed by atoms with Crippen molar-refractivity contribution in [3.8, 4) is 0 Å². The molecule has 92 valence electrons. The summed E-state index contributed by atoms with van der Waals surface area (Å²) < 4.78 is 1.09. The van der Waals surface area contributed by atoms with Crippen molar-refractivity contribution in [2.24, 2.45) is 11.7 Å². The lowest BCUT2D eigenvalue weighted by Gasteiger charge is -2.16. The summed E-state index contributed by atoms with van der Waals surface area (Å²) in [6.45, 7) is 2.23. The van der Waals surface area contributed by atoms with Gasteiger partial charge in [-0.25, -0.2) is 0 Å². The Labute approximate surface area is 110 Å². The molecule has 2 N–H and O–H groups in total. The van der Waals surface area contributed by atoms with E-state index in [0.29, 0.717) is 18.9 Å². The quantitative estimate of drug-likeness (QED) is 0.921. The van der Waals surface area contributed by atoms with Gasteiger partial charge in [-0.2, -0.15) is 0 Å². The van der Waals surface area contributed by atoms with Gasteiger partial charge in [-0.15, -0.1) is 0 Å². The average molecular weight is 297 g/mol. The van der Waals surface area contributed by atoms with Gasteiger partial charge < -0.3 is 10.6 Å². The Bertz CT molecular complexity index is 408. The highest BCUT2D eigenvalue weighted by Crippen LogP contribution is 2.18. The van der Waals surface area contributed by atoms with Crippen LogP contribution in [0, 0.1) is 5.92 Å². The summed E-state index contributed by atoms with van der Waals surface area (Å²) in [7, 11) is 0. The highest BCUT2D eigenvalue weighted by molar-refractivity contribution is 9.10. The number of rotatable bonds is 4. The maximum atomic E-state index is 11.7. The number of nitrogens with zero attached hydrogens (tertiary/aromatic N) is 1. The monoisotopic (exact) mass is 296 g/mol. The van der Waals surface area contributed by atoms with Gasteiger partial charge >= 0.3 is 0 Å². The van der Waals surface area contributed by atoms with Crippen LogP contribution in [0.4, 0.5) is 0 Å². The van der Waals surface area contributed by atoms with Crippen LogP contribution in [-0.4, -0.2) is 30.4 Å². The topological polar surface area (TPSA) is 46.3 Å². The Kier molecular flexibility index (Phi) is 4.18. The van der Waals surface area contributed by atoms with Gasteiger partial charge in [0.1, 0.15) is 0 Å². The minimum atomic E-state index is 0.246. The minimum Gasteiger partial charge on any atom is -0.342 e. The molecule has 0 radical (unpaired) electrons. The van der Waals surface area contributed by atoms with E-state index in [1.54, 1.807) is 0 Å². The third kappa shape index (κ3) is 3.30. The lowest BCUT2D eigenvalue weighted by molar-refractivity contribution is -0.127. The van der Waals surface area contributed by atoms with Gasteiger partial charge in [0.2, 0.25) is 5.91 Å². The van der Waals surface area contributed by atoms with Crippen molar-refractivity contribution < 1.29 is 4.79 Å². The van der Waals surface area contributed by atoms with E-state index in [4.69, 9.17) is 5.73 Å². The van der Waals surface area contributed by atoms with Crippen LogP contribution in [0.15, 0.2) is 28.7 Å². The number of benzene rings is 1. The van der Waals surface area contributed by atoms with Crippen molar-refractivity contribution >= 4 is 21.8 Å². The number of carbonyl (C=O) groups is 1. The molecule has 0 saturated carbocycles. The summed E-state index contributed by atoms with van der Waals surface area (Å²) in [5, 5.41) is 0. The Morgan fingerprint density at radius 1 is 1.47 bits per heavy atom. The molecule has 3 nitrogen and oxygen atoms in total. The fourth-order valence-corrected chi connectivity index (χ4v) is 2.63. The molecule has 1 fully saturated rings. The zero-order valence-electron chi connectivity index (χ0n) is 9.73. The summed E-state index contributed by atoms with van der Waals surface area (Å²) in [6, 6.07) is 8.22. The van der Waals surface area contributed by atoms with Gasteiger partial charge in [-0.1, -0.05) is 28.1 Å². The van der Waals surface area contributed by atoms with Crippen molar-refractivity contribution in [3.05, 3.63) is 34.3 Å². The molecule has 1 aromatic rings. The molecule has 1 saturated heterocycles. The second kappa shape index (κ2) is 5.65. The normalized spacial score (nSPS) is 20.0. The smallest absolute Gasteiger partial charge is 0.222 e. The third-order valence-electron chi connectivity index (χ3n) is 3.19. The summed E-state index contributed by atoms with van der Waals surface area (Å²) >= 11 is 3.45. The van der Waals surface area contributed by atoms with E-state index in [1.807, 2.05) is 17.0 Å². The van der Waals surface area contributed by atoms with Crippen molar-refractivity contribution in [2.45, 2.75) is 12.8 Å². The van der Waals surface area contributed by atoms with Crippen LogP contribution in [0.25, 0.3) is 0 Å². The first-order valence-electron chi connectivity index (χ1n) is 5.91. The van der Waals surface area contributed by atoms with Crippen LogP contribution in [0.3, 0.4) is 0 Å². The van der Waals surface area contributed by atoms with Crippen LogP contribution in [0.5, 0.6) is 0 Å². The molecule has 4 heteroatoms. The molecule has 2 rings (SSSR count). The molecule has 0 spiro atoms. The first kappa shape index (κ1) is 12.6. The summed E-state index contributed by atoms with van der Waals surface area (Å²) in [5.41, 5.74) is 6.85. The van der Waals surface area contributed by atoms with Gasteiger partial charge in [-0.3, -0.25) is 4.79 Å². The van der Waals surface area contributed by atoms with Gasteiger partial charge in [0.15, 0.2) is 0 Å². The molecule has 0 aromatic heterocycles. The molecule has 0 bridgehead atoms. The van der Waals surface area contributed by atoms with E-state index >= 15 is 0 Å². The van der Waals surface area contributed by atoms with Crippen molar-refractivity contribution in [1.82, 2.24) is 4.90 Å². The van der Waals surface area contributed by atoms with E-state index in [2.05, 4.69) is 28.1 Å². The molecule has 1 aliphatic heterocycles. The summed E-state index contributed by atoms with van der Waals surface area (Å²) in [4.78, 5) is 13.6. The maximum Gasteiger partial charge on any atom is 0.222 e. The molecule has 17 heavy (non-hydrogen) atoms. The Morgan fingerprint density at radius 2 is 2.29 bits per heavy atom. The minimum absolute atomic E-state index is 0.246. The summed E-state index contributed by atoms with van der Waals surface area (Å²) in [5.74, 6) is 0.598. The molecule has 0 aliphatic carbocycles. The maximum absolute atomic E-state index is 11.7. The van der Waals surface area contributed by atoms with Gasteiger partial charge in [0.25, 0.3) is 0 Å². The van der Waals surface area contributed by atoms with Gasteiger partial charge in [0, 0.05) is 24.0 Å². The number of carbonyl (C=O) groups excluding carboxylic acids is 1. The van der Waals surface area contributed by atoms with Gasteiger partial charge in [-0.05, 0) is 36.6 Å². The number of amides is 1. The Hall–Kier alpha value is -0.870. The number of hydrogen-bond acceptors (Lipinski definition) is 2. The highest BCUT2D eigenvalue weighted by Gasteiger charge is 2.27. The average Bonchev–Trinajstić information content (AvgIpc) is 2.68. The molecular formula is C13H17BrN2O. The van der Waals surface area contributed by atoms with Gasteiger partial charge in [0.05, 0.1) is 0 Å². The lowest BCUT2D eigenvalue weighted by atomic mass is 10.1. The van der Waals surface area contributed by atoms with Crippen molar-refractivity contribution in [1.29, 1.82) is 0 Å². The Balaban J connectivity index is 1.88. The Morgan fingerprint density at radius 3 is 2.94 bits per heavy atom. The molecule has 1 amide bonds. The summed E-state index contributed by atoms with van der Waals surface area (Å²) in [6.07, 6.45) is 1.53. The molecule has 1 aliphatic rings. The third-order valence-corrected chi connectivity index (χ3v) is 3.68. The fraction of sp³-hybridized carbons (Fsp3) is 0.462. The zero-order valence-corrected chi connectivity index (χ0v) is 11.3. The second-order valence-corrected chi connectivity index (χ2v) is 5.44. The van der Waals surface area contributed by atoms with E-state index in [1.165, 1.54) is 5.56 Å².